The molecule has 0 saturated carbocycles. The number of carbonyl (C=O) groups excluding carboxylic acids is 2. The third-order valence-corrected chi connectivity index (χ3v) is 3.99. The summed E-state index contributed by atoms with van der Waals surface area (Å²) in [6.45, 7) is 0.483. The van der Waals surface area contributed by atoms with Crippen LogP contribution in [-0.4, -0.2) is 36.5 Å². The summed E-state index contributed by atoms with van der Waals surface area (Å²) in [5.41, 5.74) is 0.375. The second kappa shape index (κ2) is 7.06. The summed E-state index contributed by atoms with van der Waals surface area (Å²) in [4.78, 5) is 27.3. The van der Waals surface area contributed by atoms with E-state index in [-0.39, 0.29) is 18.3 Å². The van der Waals surface area contributed by atoms with Crippen molar-refractivity contribution in [2.75, 3.05) is 29.9 Å². The molecule has 0 unspecified atom stereocenters. The van der Waals surface area contributed by atoms with Gasteiger partial charge < -0.3 is 10.2 Å². The highest BCUT2D eigenvalue weighted by molar-refractivity contribution is 6.30. The standard InChI is InChI=1S/C17H14ClF2N3O2/c18-11-2-1-3-13(8-11)23-7-6-22(17(23)25)10-16(24)21-15-9-12(19)4-5-14(15)20/h1-5,8-9H,6-7,10H2,(H,21,24). The van der Waals surface area contributed by atoms with Crippen LogP contribution in [0.25, 0.3) is 0 Å². The number of anilines is 2. The summed E-state index contributed by atoms with van der Waals surface area (Å²) in [6, 6.07) is 9.25. The van der Waals surface area contributed by atoms with Gasteiger partial charge in [0.2, 0.25) is 5.91 Å². The molecule has 1 N–H and O–H groups in total. The predicted molar refractivity (Wildman–Crippen MR) is 90.8 cm³/mol. The summed E-state index contributed by atoms with van der Waals surface area (Å²) in [7, 11) is 0. The third kappa shape index (κ3) is 3.88. The van der Waals surface area contributed by atoms with Crippen molar-refractivity contribution >= 4 is 34.9 Å². The first kappa shape index (κ1) is 17.2. The van der Waals surface area contributed by atoms with E-state index >= 15 is 0 Å². The number of carbonyl (C=O) groups is 2. The highest BCUT2D eigenvalue weighted by Crippen LogP contribution is 2.23. The highest BCUT2D eigenvalue weighted by Gasteiger charge is 2.31. The van der Waals surface area contributed by atoms with Crippen molar-refractivity contribution < 1.29 is 18.4 Å². The Balaban J connectivity index is 1.64. The van der Waals surface area contributed by atoms with Crippen molar-refractivity contribution in [3.63, 3.8) is 0 Å². The lowest BCUT2D eigenvalue weighted by Gasteiger charge is -2.18. The van der Waals surface area contributed by atoms with E-state index in [2.05, 4.69) is 5.32 Å². The van der Waals surface area contributed by atoms with Gasteiger partial charge >= 0.3 is 6.03 Å². The van der Waals surface area contributed by atoms with E-state index < -0.39 is 17.5 Å². The molecule has 2 aromatic carbocycles. The van der Waals surface area contributed by atoms with Crippen LogP contribution < -0.4 is 10.2 Å². The van der Waals surface area contributed by atoms with Crippen LogP contribution in [-0.2, 0) is 4.79 Å². The fraction of sp³-hybridized carbons (Fsp3) is 0.176. The monoisotopic (exact) mass is 365 g/mol. The predicted octanol–water partition coefficient (Wildman–Crippen LogP) is 3.50. The van der Waals surface area contributed by atoms with E-state index in [1.807, 2.05) is 0 Å². The lowest BCUT2D eigenvalue weighted by Crippen LogP contribution is -2.37. The van der Waals surface area contributed by atoms with Gasteiger partial charge in [-0.2, -0.15) is 0 Å². The topological polar surface area (TPSA) is 52.7 Å². The van der Waals surface area contributed by atoms with Crippen molar-refractivity contribution in [2.24, 2.45) is 0 Å². The Kier molecular flexibility index (Phi) is 4.85. The van der Waals surface area contributed by atoms with E-state index in [0.29, 0.717) is 23.8 Å². The van der Waals surface area contributed by atoms with Crippen molar-refractivity contribution in [2.45, 2.75) is 0 Å². The molecule has 0 spiro atoms. The number of nitrogens with zero attached hydrogens (tertiary/aromatic N) is 2. The average molecular weight is 366 g/mol. The molecule has 1 heterocycles. The number of rotatable bonds is 4. The maximum absolute atomic E-state index is 13.6. The van der Waals surface area contributed by atoms with Crippen LogP contribution in [0, 0.1) is 11.6 Å². The van der Waals surface area contributed by atoms with Gasteiger partial charge in [0.05, 0.1) is 5.69 Å². The number of benzene rings is 2. The zero-order valence-electron chi connectivity index (χ0n) is 13.0. The molecule has 0 atom stereocenters. The maximum Gasteiger partial charge on any atom is 0.325 e. The van der Waals surface area contributed by atoms with E-state index in [1.54, 1.807) is 24.3 Å². The molecule has 0 aliphatic carbocycles. The average Bonchev–Trinajstić information content (AvgIpc) is 2.92. The van der Waals surface area contributed by atoms with Gasteiger partial charge in [0.25, 0.3) is 0 Å². The molecular weight excluding hydrogens is 352 g/mol. The summed E-state index contributed by atoms with van der Waals surface area (Å²) < 4.78 is 26.7. The smallest absolute Gasteiger partial charge is 0.322 e. The second-order valence-electron chi connectivity index (χ2n) is 5.51. The summed E-state index contributed by atoms with van der Waals surface area (Å²) in [5, 5.41) is 2.78. The molecule has 0 bridgehead atoms. The van der Waals surface area contributed by atoms with E-state index in [4.69, 9.17) is 11.6 Å². The molecule has 130 valence electrons. The molecule has 8 heteroatoms. The van der Waals surface area contributed by atoms with E-state index in [1.165, 1.54) is 9.80 Å². The van der Waals surface area contributed by atoms with Gasteiger partial charge in [-0.05, 0) is 30.3 Å². The van der Waals surface area contributed by atoms with Gasteiger partial charge in [0, 0.05) is 29.9 Å². The van der Waals surface area contributed by atoms with Crippen LogP contribution in [0.15, 0.2) is 42.5 Å². The molecule has 1 saturated heterocycles. The number of amides is 3. The van der Waals surface area contributed by atoms with Crippen LogP contribution in [0.5, 0.6) is 0 Å². The number of halogens is 3. The normalized spacial score (nSPS) is 14.1. The number of hydrogen-bond donors (Lipinski definition) is 1. The van der Waals surface area contributed by atoms with Gasteiger partial charge in [-0.3, -0.25) is 9.69 Å². The van der Waals surface area contributed by atoms with Crippen LogP contribution >= 0.6 is 11.6 Å². The summed E-state index contributed by atoms with van der Waals surface area (Å²) in [5.74, 6) is -2.02. The second-order valence-corrected chi connectivity index (χ2v) is 5.94. The first-order valence-corrected chi connectivity index (χ1v) is 7.89. The zero-order chi connectivity index (χ0) is 18.0. The minimum atomic E-state index is -0.747. The fourth-order valence-electron chi connectivity index (χ4n) is 2.57. The Morgan fingerprint density at radius 3 is 2.72 bits per heavy atom. The van der Waals surface area contributed by atoms with Crippen LogP contribution in [0.3, 0.4) is 0 Å². The lowest BCUT2D eigenvalue weighted by molar-refractivity contribution is -0.116. The number of hydrogen-bond acceptors (Lipinski definition) is 2. The van der Waals surface area contributed by atoms with Crippen molar-refractivity contribution in [1.82, 2.24) is 4.90 Å². The number of nitrogens with one attached hydrogen (secondary N) is 1. The molecule has 1 fully saturated rings. The highest BCUT2D eigenvalue weighted by atomic mass is 35.5. The Morgan fingerprint density at radius 2 is 1.96 bits per heavy atom. The largest absolute Gasteiger partial charge is 0.325 e. The summed E-state index contributed by atoms with van der Waals surface area (Å²) in [6.07, 6.45) is 0. The van der Waals surface area contributed by atoms with Crippen LogP contribution in [0.2, 0.25) is 5.02 Å². The maximum atomic E-state index is 13.6. The molecule has 1 aliphatic rings. The number of urea groups is 1. The van der Waals surface area contributed by atoms with Gasteiger partial charge in [-0.1, -0.05) is 17.7 Å². The fourth-order valence-corrected chi connectivity index (χ4v) is 2.75. The first-order chi connectivity index (χ1) is 11.9. The Morgan fingerprint density at radius 1 is 1.16 bits per heavy atom. The summed E-state index contributed by atoms with van der Waals surface area (Å²) >= 11 is 5.93. The third-order valence-electron chi connectivity index (χ3n) is 3.75. The Bertz CT molecular complexity index is 831. The van der Waals surface area contributed by atoms with E-state index in [0.717, 1.165) is 18.2 Å². The zero-order valence-corrected chi connectivity index (χ0v) is 13.8. The molecular formula is C17H14ClF2N3O2. The molecule has 25 heavy (non-hydrogen) atoms. The molecule has 5 nitrogen and oxygen atoms in total. The minimum absolute atomic E-state index is 0.258. The molecule has 0 radical (unpaired) electrons. The SMILES string of the molecule is O=C(CN1CCN(c2cccc(Cl)c2)C1=O)Nc1cc(F)ccc1F. The van der Waals surface area contributed by atoms with Crippen LogP contribution in [0.4, 0.5) is 25.0 Å². The Hall–Kier alpha value is -2.67. The molecule has 3 rings (SSSR count). The first-order valence-electron chi connectivity index (χ1n) is 7.51. The van der Waals surface area contributed by atoms with Crippen molar-refractivity contribution in [3.8, 4) is 0 Å². The molecule has 3 amide bonds. The van der Waals surface area contributed by atoms with Crippen molar-refractivity contribution in [1.29, 1.82) is 0 Å². The van der Waals surface area contributed by atoms with Gasteiger partial charge in [0.15, 0.2) is 0 Å². The minimum Gasteiger partial charge on any atom is -0.322 e. The molecule has 1 aliphatic heterocycles. The van der Waals surface area contributed by atoms with Gasteiger partial charge in [-0.15, -0.1) is 0 Å². The quantitative estimate of drug-likeness (QED) is 0.901. The van der Waals surface area contributed by atoms with Crippen molar-refractivity contribution in [3.05, 3.63) is 59.1 Å². The lowest BCUT2D eigenvalue weighted by atomic mass is 10.3. The van der Waals surface area contributed by atoms with Gasteiger partial charge in [-0.25, -0.2) is 13.6 Å². The Labute approximate surface area is 147 Å². The van der Waals surface area contributed by atoms with Gasteiger partial charge in [0.1, 0.15) is 18.2 Å². The molecule has 0 aromatic heterocycles. The van der Waals surface area contributed by atoms with E-state index in [9.17, 15) is 18.4 Å². The van der Waals surface area contributed by atoms with Crippen LogP contribution in [0.1, 0.15) is 0 Å². The molecule has 2 aromatic rings.